The lowest BCUT2D eigenvalue weighted by Crippen LogP contribution is -2.36. The topological polar surface area (TPSA) is 79.2 Å². The molecule has 1 aliphatic heterocycles. The lowest BCUT2D eigenvalue weighted by atomic mass is 9.90. The Morgan fingerprint density at radius 1 is 1.43 bits per heavy atom. The van der Waals surface area contributed by atoms with Gasteiger partial charge in [0.1, 0.15) is 5.82 Å². The first kappa shape index (κ1) is 18.0. The Morgan fingerprint density at radius 2 is 2.09 bits per heavy atom. The Morgan fingerprint density at radius 3 is 2.70 bits per heavy atom. The third-order valence-electron chi connectivity index (χ3n) is 4.43. The number of nitrogens with one attached hydrogen (secondary N) is 1. The zero-order chi connectivity index (χ0) is 17.0. The van der Waals surface area contributed by atoms with Crippen molar-refractivity contribution in [3.63, 3.8) is 0 Å². The van der Waals surface area contributed by atoms with Gasteiger partial charge in [-0.2, -0.15) is 0 Å². The normalized spacial score (nSPS) is 16.9. The van der Waals surface area contributed by atoms with Crippen LogP contribution in [0, 0.1) is 11.8 Å². The molecule has 0 radical (unpaired) electrons. The van der Waals surface area contributed by atoms with Crippen LogP contribution < -0.4 is 11.3 Å². The monoisotopic (exact) mass is 339 g/mol. The molecule has 1 aromatic heterocycles. The Kier molecular flexibility index (Phi) is 6.25. The van der Waals surface area contributed by atoms with Crippen LogP contribution in [-0.2, 0) is 0 Å². The number of halogens is 1. The maximum Gasteiger partial charge on any atom is 0.260 e. The van der Waals surface area contributed by atoms with Gasteiger partial charge in [0.05, 0.1) is 10.6 Å². The van der Waals surface area contributed by atoms with Crippen LogP contribution in [0.5, 0.6) is 0 Å². The van der Waals surface area contributed by atoms with Crippen LogP contribution in [0.3, 0.4) is 0 Å². The summed E-state index contributed by atoms with van der Waals surface area (Å²) in [6.45, 7) is 7.82. The molecule has 1 saturated heterocycles. The molecule has 2 rings (SSSR count). The highest BCUT2D eigenvalue weighted by molar-refractivity contribution is 6.33. The molecular weight excluding hydrogens is 314 g/mol. The Balaban J connectivity index is 1.84. The van der Waals surface area contributed by atoms with Crippen molar-refractivity contribution in [1.82, 2.24) is 9.88 Å². The fourth-order valence-corrected chi connectivity index (χ4v) is 3.33. The first-order chi connectivity index (χ1) is 10.9. The van der Waals surface area contributed by atoms with Gasteiger partial charge < -0.3 is 15.6 Å². The van der Waals surface area contributed by atoms with Crippen molar-refractivity contribution in [3.8, 4) is 0 Å². The fourth-order valence-electron chi connectivity index (χ4n) is 3.17. The summed E-state index contributed by atoms with van der Waals surface area (Å²) in [5.41, 5.74) is 5.18. The van der Waals surface area contributed by atoms with E-state index in [-0.39, 0.29) is 22.2 Å². The summed E-state index contributed by atoms with van der Waals surface area (Å²) in [5, 5.41) is 0.218. The number of Topliss-reactive ketones (excluding diaryl/α,β-unsaturated/α-hetero) is 1. The van der Waals surface area contributed by atoms with E-state index in [4.69, 9.17) is 17.3 Å². The number of aromatic nitrogens is 1. The molecule has 1 aromatic rings. The summed E-state index contributed by atoms with van der Waals surface area (Å²) in [6.07, 6.45) is 3.46. The van der Waals surface area contributed by atoms with Gasteiger partial charge in [0.25, 0.3) is 5.56 Å². The van der Waals surface area contributed by atoms with Crippen molar-refractivity contribution >= 4 is 23.2 Å². The summed E-state index contributed by atoms with van der Waals surface area (Å²) in [7, 11) is 0. The molecule has 1 aliphatic rings. The smallest absolute Gasteiger partial charge is 0.260 e. The quantitative estimate of drug-likeness (QED) is 0.781. The van der Waals surface area contributed by atoms with Gasteiger partial charge in [-0.3, -0.25) is 9.59 Å². The maximum absolute atomic E-state index is 12.3. The average molecular weight is 340 g/mol. The predicted octanol–water partition coefficient (Wildman–Crippen LogP) is 2.94. The van der Waals surface area contributed by atoms with Gasteiger partial charge >= 0.3 is 0 Å². The van der Waals surface area contributed by atoms with Gasteiger partial charge in [-0.1, -0.05) is 25.4 Å². The number of rotatable bonds is 6. The van der Waals surface area contributed by atoms with Crippen LogP contribution in [0.25, 0.3) is 0 Å². The number of hydrogen-bond donors (Lipinski definition) is 2. The fraction of sp³-hybridized carbons (Fsp3) is 0.647. The molecule has 0 spiro atoms. The number of aromatic amines is 1. The standard InChI is InChI=1S/C17H26ClN3O2/c1-11(2)10-21-7-5-12(6-8-21)3-4-15(22)13-9-14(18)16(19)20-17(13)23/h9,11-12H,3-8,10H2,1-2H3,(H3,19,20,23). The van der Waals surface area contributed by atoms with Crippen LogP contribution >= 0.6 is 11.6 Å². The van der Waals surface area contributed by atoms with Gasteiger partial charge in [-0.15, -0.1) is 0 Å². The van der Waals surface area contributed by atoms with E-state index in [1.807, 2.05) is 0 Å². The summed E-state index contributed by atoms with van der Waals surface area (Å²) in [4.78, 5) is 29.0. The van der Waals surface area contributed by atoms with E-state index in [9.17, 15) is 9.59 Å². The molecule has 0 bridgehead atoms. The van der Waals surface area contributed by atoms with Crippen LogP contribution in [0.15, 0.2) is 10.9 Å². The predicted molar refractivity (Wildman–Crippen MR) is 94.1 cm³/mol. The molecule has 128 valence electrons. The molecule has 2 heterocycles. The van der Waals surface area contributed by atoms with Crippen molar-refractivity contribution in [1.29, 1.82) is 0 Å². The first-order valence-corrected chi connectivity index (χ1v) is 8.68. The van der Waals surface area contributed by atoms with Gasteiger partial charge in [-0.25, -0.2) is 0 Å². The maximum atomic E-state index is 12.3. The van der Waals surface area contributed by atoms with Gasteiger partial charge in [0.2, 0.25) is 0 Å². The number of pyridine rings is 1. The number of anilines is 1. The summed E-state index contributed by atoms with van der Waals surface area (Å²) in [5.74, 6) is 1.20. The van der Waals surface area contributed by atoms with Crippen molar-refractivity contribution in [2.24, 2.45) is 11.8 Å². The highest BCUT2D eigenvalue weighted by atomic mass is 35.5. The number of carbonyl (C=O) groups excluding carboxylic acids is 1. The minimum absolute atomic E-state index is 0.103. The Bertz CT molecular complexity index is 604. The number of nitrogen functional groups attached to an aromatic ring is 1. The van der Waals surface area contributed by atoms with Gasteiger partial charge in [-0.05, 0) is 50.3 Å². The third kappa shape index (κ3) is 5.08. The minimum atomic E-state index is -0.455. The molecule has 0 unspecified atom stereocenters. The van der Waals surface area contributed by atoms with Crippen LogP contribution in [0.2, 0.25) is 5.02 Å². The summed E-state index contributed by atoms with van der Waals surface area (Å²) < 4.78 is 0. The van der Waals surface area contributed by atoms with E-state index in [1.54, 1.807) is 0 Å². The number of ketones is 1. The van der Waals surface area contributed by atoms with E-state index in [0.717, 1.165) is 38.9 Å². The van der Waals surface area contributed by atoms with Gasteiger partial charge in [0, 0.05) is 13.0 Å². The number of piperidine rings is 1. The zero-order valence-electron chi connectivity index (χ0n) is 13.9. The lowest BCUT2D eigenvalue weighted by molar-refractivity contribution is 0.0959. The second-order valence-electron chi connectivity index (χ2n) is 6.87. The first-order valence-electron chi connectivity index (χ1n) is 8.30. The Labute approximate surface area is 142 Å². The second-order valence-corrected chi connectivity index (χ2v) is 7.28. The van der Waals surface area contributed by atoms with Crippen molar-refractivity contribution in [3.05, 3.63) is 27.0 Å². The van der Waals surface area contributed by atoms with Gasteiger partial charge in [0.15, 0.2) is 5.78 Å². The molecule has 6 heteroatoms. The van der Waals surface area contributed by atoms with E-state index in [1.165, 1.54) is 6.07 Å². The molecule has 0 aromatic carbocycles. The third-order valence-corrected chi connectivity index (χ3v) is 4.74. The van der Waals surface area contributed by atoms with Crippen molar-refractivity contribution in [2.45, 2.75) is 39.5 Å². The zero-order valence-corrected chi connectivity index (χ0v) is 14.7. The van der Waals surface area contributed by atoms with Crippen LogP contribution in [0.4, 0.5) is 5.82 Å². The molecule has 0 amide bonds. The number of carbonyl (C=O) groups is 1. The molecule has 23 heavy (non-hydrogen) atoms. The van der Waals surface area contributed by atoms with Crippen molar-refractivity contribution in [2.75, 3.05) is 25.4 Å². The Hall–Kier alpha value is -1.33. The minimum Gasteiger partial charge on any atom is -0.384 e. The van der Waals surface area contributed by atoms with Crippen molar-refractivity contribution < 1.29 is 4.79 Å². The summed E-state index contributed by atoms with van der Waals surface area (Å²) in [6, 6.07) is 1.38. The molecule has 0 saturated carbocycles. The van der Waals surface area contributed by atoms with E-state index < -0.39 is 5.56 Å². The SMILES string of the molecule is CC(C)CN1CCC(CCC(=O)c2cc(Cl)c(N)[nH]c2=O)CC1. The lowest BCUT2D eigenvalue weighted by Gasteiger charge is -2.32. The van der Waals surface area contributed by atoms with Crippen LogP contribution in [0.1, 0.15) is 49.9 Å². The second kappa shape index (κ2) is 7.97. The average Bonchev–Trinajstić information content (AvgIpc) is 2.49. The molecule has 0 aliphatic carbocycles. The summed E-state index contributed by atoms with van der Waals surface area (Å²) >= 11 is 5.88. The van der Waals surface area contributed by atoms with E-state index in [2.05, 4.69) is 23.7 Å². The number of likely N-dealkylation sites (tertiary alicyclic amines) is 1. The largest absolute Gasteiger partial charge is 0.384 e. The number of nitrogens with two attached hydrogens (primary N) is 1. The van der Waals surface area contributed by atoms with E-state index in [0.29, 0.717) is 18.3 Å². The number of nitrogens with zero attached hydrogens (tertiary/aromatic N) is 1. The molecule has 3 N–H and O–H groups in total. The molecule has 0 atom stereocenters. The number of H-pyrrole nitrogens is 1. The molecule has 5 nitrogen and oxygen atoms in total. The highest BCUT2D eigenvalue weighted by Crippen LogP contribution is 2.23. The molecular formula is C17H26ClN3O2. The van der Waals surface area contributed by atoms with Crippen LogP contribution in [-0.4, -0.2) is 35.3 Å². The highest BCUT2D eigenvalue weighted by Gasteiger charge is 2.21. The van der Waals surface area contributed by atoms with E-state index >= 15 is 0 Å². The number of hydrogen-bond acceptors (Lipinski definition) is 4. The molecule has 1 fully saturated rings.